The summed E-state index contributed by atoms with van der Waals surface area (Å²) in [7, 11) is -3.92. The van der Waals surface area contributed by atoms with Crippen LogP contribution in [0.25, 0.3) is 0 Å². The van der Waals surface area contributed by atoms with Gasteiger partial charge < -0.3 is 20.5 Å². The van der Waals surface area contributed by atoms with E-state index in [1.54, 1.807) is 6.26 Å². The molecule has 3 aliphatic heterocycles. The molecule has 41 heavy (non-hydrogen) atoms. The lowest BCUT2D eigenvalue weighted by molar-refractivity contribution is -0.151. The predicted octanol–water partition coefficient (Wildman–Crippen LogP) is -1.02. The molecule has 6 amide bonds. The molecule has 1 aromatic rings. The fraction of sp³-hybridized carbons (Fsp3) is 0.500. The summed E-state index contributed by atoms with van der Waals surface area (Å²) in [6.07, 6.45) is 2.44. The average Bonchev–Trinajstić information content (AvgIpc) is 3.57. The highest BCUT2D eigenvalue weighted by atomic mass is 32.2. The van der Waals surface area contributed by atoms with E-state index in [2.05, 4.69) is 20.2 Å². The summed E-state index contributed by atoms with van der Waals surface area (Å²) in [4.78, 5) is 77.0. The number of nitrogens with zero attached hydrogens (tertiary/aromatic N) is 5. The third kappa shape index (κ3) is 5.97. The largest absolute Gasteiger partial charge is 0.477 e. The molecule has 21 heteroatoms. The molecule has 0 aromatic carbocycles. The maximum atomic E-state index is 13.3. The summed E-state index contributed by atoms with van der Waals surface area (Å²) in [6.45, 7) is 0.659. The van der Waals surface area contributed by atoms with Crippen molar-refractivity contribution in [1.82, 2.24) is 34.3 Å². The quantitative estimate of drug-likeness (QED) is 0.165. The van der Waals surface area contributed by atoms with Gasteiger partial charge in [0, 0.05) is 23.6 Å². The van der Waals surface area contributed by atoms with E-state index < -0.39 is 68.7 Å². The van der Waals surface area contributed by atoms with Crippen molar-refractivity contribution in [2.24, 2.45) is 0 Å². The van der Waals surface area contributed by atoms with E-state index in [0.717, 1.165) is 46.2 Å². The zero-order valence-corrected chi connectivity index (χ0v) is 24.8. The monoisotopic (exact) mass is 649 g/mol. The van der Waals surface area contributed by atoms with Crippen LogP contribution in [0.2, 0.25) is 0 Å². The number of nitrogens with one attached hydrogen (secondary N) is 2. The minimum absolute atomic E-state index is 0.00927. The lowest BCUT2D eigenvalue weighted by Crippen LogP contribution is -2.71. The number of aliphatic carboxylic acids is 1. The predicted molar refractivity (Wildman–Crippen MR) is 144 cm³/mol. The number of urea groups is 2. The number of fused-ring (bicyclic) bond motifs is 1. The number of ether oxygens (including phenoxy) is 1. The van der Waals surface area contributed by atoms with E-state index in [0.29, 0.717) is 9.21 Å². The molecule has 17 nitrogen and oxygen atoms in total. The van der Waals surface area contributed by atoms with Crippen molar-refractivity contribution in [3.8, 4) is 0 Å². The molecule has 4 heterocycles. The molecule has 1 aromatic heterocycles. The smallest absolute Gasteiger partial charge is 0.352 e. The van der Waals surface area contributed by atoms with Gasteiger partial charge in [0.05, 0.1) is 19.3 Å². The van der Waals surface area contributed by atoms with Crippen molar-refractivity contribution < 1.29 is 47.0 Å². The number of carboxylic acids is 1. The summed E-state index contributed by atoms with van der Waals surface area (Å²) >= 11 is 3.10. The van der Waals surface area contributed by atoms with Gasteiger partial charge >= 0.3 is 24.0 Å². The summed E-state index contributed by atoms with van der Waals surface area (Å²) < 4.78 is 33.0. The van der Waals surface area contributed by atoms with Gasteiger partial charge in [-0.15, -0.1) is 28.6 Å². The van der Waals surface area contributed by atoms with Crippen LogP contribution in [0.5, 0.6) is 0 Å². The van der Waals surface area contributed by atoms with E-state index in [-0.39, 0.29) is 35.8 Å². The first-order valence-corrected chi connectivity index (χ1v) is 16.6. The van der Waals surface area contributed by atoms with E-state index in [1.807, 2.05) is 0 Å². The number of esters is 1. The minimum Gasteiger partial charge on any atom is -0.477 e. The number of aromatic nitrogens is 2. The van der Waals surface area contributed by atoms with Crippen LogP contribution in [0, 0.1) is 0 Å². The van der Waals surface area contributed by atoms with Crippen molar-refractivity contribution in [1.29, 1.82) is 0 Å². The van der Waals surface area contributed by atoms with Crippen LogP contribution in [-0.4, -0.2) is 121 Å². The number of hydrogen-bond acceptors (Lipinski definition) is 14. The van der Waals surface area contributed by atoms with Crippen molar-refractivity contribution in [2.75, 3.05) is 31.4 Å². The summed E-state index contributed by atoms with van der Waals surface area (Å²) in [5.41, 5.74) is -1.07. The fourth-order valence-corrected chi connectivity index (χ4v) is 7.72. The van der Waals surface area contributed by atoms with Gasteiger partial charge in [-0.1, -0.05) is 4.49 Å². The topological polar surface area (TPSA) is 226 Å². The van der Waals surface area contributed by atoms with Crippen molar-refractivity contribution >= 4 is 80.9 Å². The number of carbonyl (C=O) groups excluding carboxylic acids is 5. The maximum Gasteiger partial charge on any atom is 0.352 e. The zero-order valence-electron chi connectivity index (χ0n) is 21.5. The van der Waals surface area contributed by atoms with Gasteiger partial charge in [0.1, 0.15) is 22.8 Å². The molecule has 3 N–H and O–H groups in total. The van der Waals surface area contributed by atoms with Crippen molar-refractivity contribution in [3.63, 3.8) is 0 Å². The number of thioether (sulfide) groups is 2. The first kappa shape index (κ1) is 30.5. The van der Waals surface area contributed by atoms with E-state index >= 15 is 0 Å². The molecule has 4 rings (SSSR count). The van der Waals surface area contributed by atoms with Crippen LogP contribution < -0.4 is 10.6 Å². The van der Waals surface area contributed by atoms with Gasteiger partial charge in [-0.25, -0.2) is 32.0 Å². The number of rotatable bonds is 9. The second kappa shape index (κ2) is 11.8. The summed E-state index contributed by atoms with van der Waals surface area (Å²) in [5, 5.41) is 19.0. The Labute approximate surface area is 245 Å². The fourth-order valence-electron chi connectivity index (χ4n) is 4.26. The van der Waals surface area contributed by atoms with Gasteiger partial charge in [-0.05, 0) is 17.8 Å². The Balaban J connectivity index is 1.51. The first-order valence-electron chi connectivity index (χ1n) is 11.5. The number of sulfonamides is 1. The van der Waals surface area contributed by atoms with Crippen molar-refractivity contribution in [3.05, 3.63) is 22.3 Å². The van der Waals surface area contributed by atoms with Crippen LogP contribution in [0.3, 0.4) is 0 Å². The van der Waals surface area contributed by atoms with Crippen LogP contribution in [0.1, 0.15) is 18.7 Å². The molecule has 0 aliphatic carbocycles. The number of carbonyl (C=O) groups is 6. The summed E-state index contributed by atoms with van der Waals surface area (Å²) in [6, 6.07) is -4.86. The normalized spacial score (nSPS) is 22.1. The third-order valence-electron chi connectivity index (χ3n) is 6.09. The minimum atomic E-state index is -3.92. The number of carboxylic acid groups (broad SMARTS) is 1. The van der Waals surface area contributed by atoms with Gasteiger partial charge in [0.15, 0.2) is 11.5 Å². The molecule has 0 spiro atoms. The number of hydrogen-bond donors (Lipinski definition) is 3. The average molecular weight is 650 g/mol. The lowest BCUT2D eigenvalue weighted by atomic mass is 10.0. The Morgan fingerprint density at radius 3 is 2.49 bits per heavy atom. The molecule has 0 saturated carbocycles. The number of imide groups is 1. The Morgan fingerprint density at radius 2 is 1.95 bits per heavy atom. The van der Waals surface area contributed by atoms with Crippen LogP contribution in [-0.2, 0) is 33.9 Å². The highest BCUT2D eigenvalue weighted by molar-refractivity contribution is 8.01. The standard InChI is InChI=1S/C20H23N7O10S4/c1-8(28)37-18(38-2)9-6-39-16-12(15(30)27(16)13(9)17(31)32)21-14(29)11(10-7-40-24-23-10)22-19(33)25-4-5-26(20(25)34)41(3,35)36/h7,11-12,16,18H,4-6H2,1-3H3,(H,21,29)(H,22,33)(H,31,32)/t11?,12-,16+,18?/m0/s1. The highest BCUT2D eigenvalue weighted by Gasteiger charge is 2.55. The maximum absolute atomic E-state index is 13.3. The number of amides is 6. The van der Waals surface area contributed by atoms with Gasteiger partial charge in [-0.2, -0.15) is 0 Å². The molecule has 0 radical (unpaired) electrons. The third-order valence-corrected chi connectivity index (χ3v) is 9.86. The Kier molecular flexibility index (Phi) is 8.80. The Hall–Kier alpha value is -3.43. The zero-order chi connectivity index (χ0) is 30.2. The first-order chi connectivity index (χ1) is 19.3. The second-order valence-electron chi connectivity index (χ2n) is 8.73. The Morgan fingerprint density at radius 1 is 1.24 bits per heavy atom. The van der Waals surface area contributed by atoms with Crippen molar-refractivity contribution in [2.45, 2.75) is 29.8 Å². The molecule has 2 fully saturated rings. The molecule has 2 unspecified atom stereocenters. The van der Waals surface area contributed by atoms with Crippen LogP contribution >= 0.6 is 35.1 Å². The van der Waals surface area contributed by atoms with E-state index in [9.17, 15) is 42.3 Å². The second-order valence-corrected chi connectivity index (χ2v) is 13.3. The van der Waals surface area contributed by atoms with E-state index in [1.165, 1.54) is 12.3 Å². The Bertz CT molecular complexity index is 1430. The number of β-lactam (4-membered cyclic amide) rings is 1. The molecule has 3 aliphatic rings. The van der Waals surface area contributed by atoms with E-state index in [4.69, 9.17) is 4.74 Å². The van der Waals surface area contributed by atoms with Crippen LogP contribution in [0.4, 0.5) is 9.59 Å². The summed E-state index contributed by atoms with van der Waals surface area (Å²) in [5.74, 6) is -3.59. The van der Waals surface area contributed by atoms with Gasteiger partial charge in [0.25, 0.3) is 5.91 Å². The van der Waals surface area contributed by atoms with Gasteiger partial charge in [-0.3, -0.25) is 19.3 Å². The van der Waals surface area contributed by atoms with Crippen LogP contribution in [0.15, 0.2) is 16.7 Å². The SMILES string of the molecule is CSC(OC(C)=O)C1=C(C(=O)O)N2C(=O)[C@H](NC(=O)C(NC(=O)N3CCN(S(C)(=O)=O)C3=O)c3csnn3)[C@H]2SC1. The molecular weight excluding hydrogens is 627 g/mol. The highest BCUT2D eigenvalue weighted by Crippen LogP contribution is 2.43. The van der Waals surface area contributed by atoms with Gasteiger partial charge in [0.2, 0.25) is 15.9 Å². The molecule has 4 atom stereocenters. The molecule has 0 bridgehead atoms. The molecule has 2 saturated heterocycles. The molecular formula is C20H23N7O10S4. The lowest BCUT2D eigenvalue weighted by Gasteiger charge is -2.50. The molecule has 222 valence electrons.